The van der Waals surface area contributed by atoms with Gasteiger partial charge in [0, 0.05) is 6.04 Å². The molecule has 17 heavy (non-hydrogen) atoms. The molecule has 1 atom stereocenters. The minimum absolute atomic E-state index is 0.108. The maximum Gasteiger partial charge on any atom is 0.226 e. The maximum atomic E-state index is 12.5. The summed E-state index contributed by atoms with van der Waals surface area (Å²) in [7, 11) is 0. The Kier molecular flexibility index (Phi) is 5.44. The minimum atomic E-state index is -0.108. The Morgan fingerprint density at radius 2 is 1.88 bits per heavy atom. The number of carbonyl (C=O) groups excluding carboxylic acids is 1. The predicted octanol–water partition coefficient (Wildman–Crippen LogP) is 2.32. The van der Waals surface area contributed by atoms with Crippen LogP contribution in [-0.2, 0) is 4.79 Å². The SMILES string of the molecule is CCCC1(C(=O)NC(C)C(C)C)CCNCC1. The molecule has 1 amide bonds. The molecule has 0 aromatic carbocycles. The van der Waals surface area contributed by atoms with Gasteiger partial charge in [-0.15, -0.1) is 0 Å². The van der Waals surface area contributed by atoms with Gasteiger partial charge in [0.1, 0.15) is 0 Å². The van der Waals surface area contributed by atoms with E-state index in [2.05, 4.69) is 38.3 Å². The first-order valence-electron chi connectivity index (χ1n) is 7.03. The second kappa shape index (κ2) is 6.39. The molecule has 1 fully saturated rings. The zero-order chi connectivity index (χ0) is 12.9. The Balaban J connectivity index is 2.66. The van der Waals surface area contributed by atoms with Crippen LogP contribution in [0.4, 0.5) is 0 Å². The van der Waals surface area contributed by atoms with Crippen LogP contribution in [0.1, 0.15) is 53.4 Å². The summed E-state index contributed by atoms with van der Waals surface area (Å²) in [6, 6.07) is 0.270. The molecule has 2 N–H and O–H groups in total. The fraction of sp³-hybridized carbons (Fsp3) is 0.929. The van der Waals surface area contributed by atoms with Crippen LogP contribution in [0.25, 0.3) is 0 Å². The van der Waals surface area contributed by atoms with E-state index in [1.165, 1.54) is 0 Å². The summed E-state index contributed by atoms with van der Waals surface area (Å²) in [5.74, 6) is 0.779. The summed E-state index contributed by atoms with van der Waals surface area (Å²) in [6.45, 7) is 10.5. The molecule has 3 heteroatoms. The molecule has 1 rings (SSSR count). The third-order valence-electron chi connectivity index (χ3n) is 4.13. The highest BCUT2D eigenvalue weighted by Gasteiger charge is 2.38. The molecule has 0 aromatic rings. The molecule has 0 bridgehead atoms. The summed E-state index contributed by atoms with van der Waals surface area (Å²) >= 11 is 0. The van der Waals surface area contributed by atoms with Gasteiger partial charge in [0.2, 0.25) is 5.91 Å². The average molecular weight is 240 g/mol. The fourth-order valence-electron chi connectivity index (χ4n) is 2.50. The van der Waals surface area contributed by atoms with Crippen molar-refractivity contribution in [3.05, 3.63) is 0 Å². The molecule has 0 aromatic heterocycles. The van der Waals surface area contributed by atoms with E-state index in [1.54, 1.807) is 0 Å². The third-order valence-corrected chi connectivity index (χ3v) is 4.13. The number of hydrogen-bond donors (Lipinski definition) is 2. The monoisotopic (exact) mass is 240 g/mol. The topological polar surface area (TPSA) is 41.1 Å². The zero-order valence-electron chi connectivity index (χ0n) is 11.8. The van der Waals surface area contributed by atoms with Crippen LogP contribution in [0.3, 0.4) is 0 Å². The van der Waals surface area contributed by atoms with Crippen molar-refractivity contribution in [2.45, 2.75) is 59.4 Å². The van der Waals surface area contributed by atoms with Crippen molar-refractivity contribution in [3.8, 4) is 0 Å². The Hall–Kier alpha value is -0.570. The van der Waals surface area contributed by atoms with Crippen molar-refractivity contribution in [1.82, 2.24) is 10.6 Å². The Morgan fingerprint density at radius 1 is 1.29 bits per heavy atom. The van der Waals surface area contributed by atoms with Crippen molar-refractivity contribution in [2.75, 3.05) is 13.1 Å². The Labute approximate surface area is 106 Å². The van der Waals surface area contributed by atoms with Crippen molar-refractivity contribution in [3.63, 3.8) is 0 Å². The second-order valence-corrected chi connectivity index (χ2v) is 5.79. The zero-order valence-corrected chi connectivity index (χ0v) is 11.8. The first-order valence-corrected chi connectivity index (χ1v) is 7.03. The molecule has 1 saturated heterocycles. The summed E-state index contributed by atoms with van der Waals surface area (Å²) in [5, 5.41) is 6.56. The van der Waals surface area contributed by atoms with E-state index in [1.807, 2.05) is 0 Å². The van der Waals surface area contributed by atoms with Gasteiger partial charge >= 0.3 is 0 Å². The lowest BCUT2D eigenvalue weighted by Crippen LogP contribution is -2.50. The van der Waals surface area contributed by atoms with Crippen LogP contribution in [0, 0.1) is 11.3 Å². The van der Waals surface area contributed by atoms with Crippen LogP contribution >= 0.6 is 0 Å². The first-order chi connectivity index (χ1) is 8.02. The molecule has 1 aliphatic rings. The molecule has 0 spiro atoms. The van der Waals surface area contributed by atoms with Gasteiger partial charge in [-0.05, 0) is 45.2 Å². The minimum Gasteiger partial charge on any atom is -0.353 e. The fourth-order valence-corrected chi connectivity index (χ4v) is 2.50. The van der Waals surface area contributed by atoms with E-state index in [-0.39, 0.29) is 17.4 Å². The van der Waals surface area contributed by atoms with Gasteiger partial charge < -0.3 is 10.6 Å². The molecule has 100 valence electrons. The third kappa shape index (κ3) is 3.70. The molecule has 1 unspecified atom stereocenters. The van der Waals surface area contributed by atoms with Crippen molar-refractivity contribution >= 4 is 5.91 Å². The molecule has 0 saturated carbocycles. The predicted molar refractivity (Wildman–Crippen MR) is 71.9 cm³/mol. The molecule has 0 aliphatic carbocycles. The van der Waals surface area contributed by atoms with E-state index in [0.717, 1.165) is 38.8 Å². The molecule has 0 radical (unpaired) electrons. The summed E-state index contributed by atoms with van der Waals surface area (Å²) in [5.41, 5.74) is -0.108. The van der Waals surface area contributed by atoms with Gasteiger partial charge in [-0.3, -0.25) is 4.79 Å². The Morgan fingerprint density at radius 3 is 2.35 bits per heavy atom. The van der Waals surface area contributed by atoms with Crippen LogP contribution in [-0.4, -0.2) is 25.0 Å². The highest BCUT2D eigenvalue weighted by molar-refractivity contribution is 5.83. The molecule has 1 heterocycles. The standard InChI is InChI=1S/C14H28N2O/c1-5-6-14(7-9-15-10-8-14)13(17)16-12(4)11(2)3/h11-12,15H,5-10H2,1-4H3,(H,16,17). The average Bonchev–Trinajstić information content (AvgIpc) is 2.30. The van der Waals surface area contributed by atoms with E-state index < -0.39 is 0 Å². The first kappa shape index (κ1) is 14.5. The second-order valence-electron chi connectivity index (χ2n) is 5.79. The van der Waals surface area contributed by atoms with E-state index >= 15 is 0 Å². The summed E-state index contributed by atoms with van der Waals surface area (Å²) < 4.78 is 0. The van der Waals surface area contributed by atoms with E-state index in [4.69, 9.17) is 0 Å². The van der Waals surface area contributed by atoms with Crippen molar-refractivity contribution in [1.29, 1.82) is 0 Å². The van der Waals surface area contributed by atoms with Crippen LogP contribution in [0.15, 0.2) is 0 Å². The van der Waals surface area contributed by atoms with Crippen molar-refractivity contribution < 1.29 is 4.79 Å². The van der Waals surface area contributed by atoms with Gasteiger partial charge in [0.25, 0.3) is 0 Å². The summed E-state index contributed by atoms with van der Waals surface area (Å²) in [6.07, 6.45) is 4.07. The molecular weight excluding hydrogens is 212 g/mol. The quantitative estimate of drug-likeness (QED) is 0.774. The van der Waals surface area contributed by atoms with Gasteiger partial charge in [0.05, 0.1) is 5.41 Å². The number of hydrogen-bond acceptors (Lipinski definition) is 2. The van der Waals surface area contributed by atoms with E-state index in [9.17, 15) is 4.79 Å². The van der Waals surface area contributed by atoms with E-state index in [0.29, 0.717) is 5.92 Å². The highest BCUT2D eigenvalue weighted by atomic mass is 16.2. The smallest absolute Gasteiger partial charge is 0.226 e. The lowest BCUT2D eigenvalue weighted by atomic mass is 9.74. The number of nitrogens with one attached hydrogen (secondary N) is 2. The number of carbonyl (C=O) groups is 1. The normalized spacial score (nSPS) is 21.2. The largest absolute Gasteiger partial charge is 0.353 e. The Bertz CT molecular complexity index is 239. The number of amides is 1. The number of piperidine rings is 1. The van der Waals surface area contributed by atoms with Gasteiger partial charge in [0.15, 0.2) is 0 Å². The number of rotatable bonds is 5. The lowest BCUT2D eigenvalue weighted by Gasteiger charge is -2.37. The lowest BCUT2D eigenvalue weighted by molar-refractivity contribution is -0.134. The van der Waals surface area contributed by atoms with Crippen LogP contribution in [0.5, 0.6) is 0 Å². The molecule has 1 aliphatic heterocycles. The highest BCUT2D eigenvalue weighted by Crippen LogP contribution is 2.34. The van der Waals surface area contributed by atoms with Gasteiger partial charge in [-0.1, -0.05) is 27.2 Å². The van der Waals surface area contributed by atoms with Gasteiger partial charge in [-0.2, -0.15) is 0 Å². The van der Waals surface area contributed by atoms with Crippen LogP contribution in [0.2, 0.25) is 0 Å². The summed E-state index contributed by atoms with van der Waals surface area (Å²) in [4.78, 5) is 12.5. The van der Waals surface area contributed by atoms with Crippen molar-refractivity contribution in [2.24, 2.45) is 11.3 Å². The van der Waals surface area contributed by atoms with Crippen LogP contribution < -0.4 is 10.6 Å². The maximum absolute atomic E-state index is 12.5. The molecular formula is C14H28N2O. The van der Waals surface area contributed by atoms with Gasteiger partial charge in [-0.25, -0.2) is 0 Å². The molecule has 3 nitrogen and oxygen atoms in total.